The molecular formula is C17H14BrN3O6S. The molecule has 0 bridgehead atoms. The third-order valence-corrected chi connectivity index (χ3v) is 5.00. The lowest BCUT2D eigenvalue weighted by Gasteiger charge is -2.10. The summed E-state index contributed by atoms with van der Waals surface area (Å²) >= 11 is 4.22. The lowest BCUT2D eigenvalue weighted by Crippen LogP contribution is -2.21. The third-order valence-electron chi connectivity index (χ3n) is 3.25. The molecule has 0 heterocycles. The number of carbonyl (C=O) groups excluding carboxylic acids is 3. The van der Waals surface area contributed by atoms with Crippen LogP contribution in [0.4, 0.5) is 11.4 Å². The molecule has 9 nitrogen and oxygen atoms in total. The number of halogens is 1. The Morgan fingerprint density at radius 3 is 2.57 bits per heavy atom. The average molecular weight is 468 g/mol. The Bertz CT molecular complexity index is 937. The highest BCUT2D eigenvalue weighted by Crippen LogP contribution is 2.27. The van der Waals surface area contributed by atoms with E-state index in [1.54, 1.807) is 18.2 Å². The highest BCUT2D eigenvalue weighted by atomic mass is 79.9. The average Bonchev–Trinajstić information content (AvgIpc) is 2.66. The predicted octanol–water partition coefficient (Wildman–Crippen LogP) is 2.73. The molecular weight excluding hydrogens is 454 g/mol. The molecule has 0 aliphatic carbocycles. The van der Waals surface area contributed by atoms with Crippen molar-refractivity contribution >= 4 is 56.9 Å². The SMILES string of the molecule is NC(=O)CSc1ccccc1C(=O)OCC(=O)Nc1ccc([N+](=O)[O-])cc1Br. The van der Waals surface area contributed by atoms with Crippen LogP contribution in [0.5, 0.6) is 0 Å². The Hall–Kier alpha value is -2.92. The number of thioether (sulfide) groups is 1. The van der Waals surface area contributed by atoms with Crippen LogP contribution in [0.15, 0.2) is 51.8 Å². The van der Waals surface area contributed by atoms with Crippen LogP contribution in [-0.2, 0) is 14.3 Å². The van der Waals surface area contributed by atoms with E-state index in [0.717, 1.165) is 11.8 Å². The number of non-ortho nitro benzene ring substituents is 1. The summed E-state index contributed by atoms with van der Waals surface area (Å²) in [5.41, 5.74) is 5.47. The first-order valence-electron chi connectivity index (χ1n) is 7.69. The summed E-state index contributed by atoms with van der Waals surface area (Å²) in [6.07, 6.45) is 0. The number of amides is 2. The van der Waals surface area contributed by atoms with Gasteiger partial charge in [0.05, 0.1) is 21.9 Å². The molecule has 146 valence electrons. The second-order valence-corrected chi connectivity index (χ2v) is 7.17. The molecule has 11 heteroatoms. The maximum Gasteiger partial charge on any atom is 0.339 e. The summed E-state index contributed by atoms with van der Waals surface area (Å²) in [5.74, 6) is -1.88. The first-order valence-corrected chi connectivity index (χ1v) is 9.47. The standard InChI is InChI=1S/C17H14BrN3O6S/c18-12-7-10(21(25)26)5-6-13(12)20-16(23)8-27-17(24)11-3-1-2-4-14(11)28-9-15(19)22/h1-7H,8-9H2,(H2,19,22)(H,20,23). The minimum Gasteiger partial charge on any atom is -0.452 e. The molecule has 0 unspecified atom stereocenters. The molecule has 0 saturated carbocycles. The zero-order chi connectivity index (χ0) is 20.7. The molecule has 0 fully saturated rings. The monoisotopic (exact) mass is 467 g/mol. The Balaban J connectivity index is 1.97. The first kappa shape index (κ1) is 21.4. The Morgan fingerprint density at radius 2 is 1.93 bits per heavy atom. The number of anilines is 1. The van der Waals surface area contributed by atoms with Crippen LogP contribution in [-0.4, -0.2) is 35.1 Å². The van der Waals surface area contributed by atoms with Gasteiger partial charge in [-0.05, 0) is 34.1 Å². The zero-order valence-corrected chi connectivity index (χ0v) is 16.6. The first-order chi connectivity index (χ1) is 13.3. The molecule has 28 heavy (non-hydrogen) atoms. The molecule has 0 saturated heterocycles. The topological polar surface area (TPSA) is 142 Å². The Labute approximate surface area is 171 Å². The summed E-state index contributed by atoms with van der Waals surface area (Å²) in [6, 6.07) is 10.3. The number of esters is 1. The number of benzene rings is 2. The summed E-state index contributed by atoms with van der Waals surface area (Å²) in [5, 5.41) is 13.2. The van der Waals surface area contributed by atoms with E-state index in [9.17, 15) is 24.5 Å². The molecule has 0 atom stereocenters. The second-order valence-electron chi connectivity index (χ2n) is 5.30. The van der Waals surface area contributed by atoms with E-state index in [-0.39, 0.29) is 17.0 Å². The van der Waals surface area contributed by atoms with Crippen molar-refractivity contribution in [1.29, 1.82) is 0 Å². The minimum atomic E-state index is -0.731. The maximum absolute atomic E-state index is 12.2. The number of nitro groups is 1. The molecule has 0 aromatic heterocycles. The minimum absolute atomic E-state index is 0.00104. The van der Waals surface area contributed by atoms with Gasteiger partial charge in [0.15, 0.2) is 6.61 Å². The van der Waals surface area contributed by atoms with Gasteiger partial charge in [-0.15, -0.1) is 11.8 Å². The van der Waals surface area contributed by atoms with Gasteiger partial charge < -0.3 is 15.8 Å². The smallest absolute Gasteiger partial charge is 0.339 e. The molecule has 3 N–H and O–H groups in total. The highest BCUT2D eigenvalue weighted by Gasteiger charge is 2.16. The Morgan fingerprint density at radius 1 is 1.21 bits per heavy atom. The fourth-order valence-corrected chi connectivity index (χ4v) is 3.27. The van der Waals surface area contributed by atoms with Crippen molar-refractivity contribution < 1.29 is 24.0 Å². The highest BCUT2D eigenvalue weighted by molar-refractivity contribution is 9.10. The van der Waals surface area contributed by atoms with Gasteiger partial charge in [0.1, 0.15) is 0 Å². The van der Waals surface area contributed by atoms with Crippen LogP contribution in [0.3, 0.4) is 0 Å². The number of nitrogens with one attached hydrogen (secondary N) is 1. The number of nitrogens with zero attached hydrogens (tertiary/aromatic N) is 1. The van der Waals surface area contributed by atoms with Crippen LogP contribution >= 0.6 is 27.7 Å². The van der Waals surface area contributed by atoms with E-state index >= 15 is 0 Å². The van der Waals surface area contributed by atoms with Gasteiger partial charge in [0.2, 0.25) is 5.91 Å². The fraction of sp³-hybridized carbons (Fsp3) is 0.118. The van der Waals surface area contributed by atoms with Crippen molar-refractivity contribution in [2.24, 2.45) is 5.73 Å². The molecule has 2 rings (SSSR count). The lowest BCUT2D eigenvalue weighted by atomic mass is 10.2. The number of rotatable bonds is 8. The second kappa shape index (κ2) is 9.85. The van der Waals surface area contributed by atoms with Gasteiger partial charge >= 0.3 is 5.97 Å². The maximum atomic E-state index is 12.2. The Kier molecular flexibility index (Phi) is 7.52. The van der Waals surface area contributed by atoms with Gasteiger partial charge in [-0.25, -0.2) is 4.79 Å². The van der Waals surface area contributed by atoms with Gasteiger partial charge in [-0.1, -0.05) is 12.1 Å². The number of nitrogens with two attached hydrogens (primary N) is 1. The van der Waals surface area contributed by atoms with Crippen LogP contribution in [0.2, 0.25) is 0 Å². The molecule has 2 amide bonds. The molecule has 0 radical (unpaired) electrons. The quantitative estimate of drug-likeness (QED) is 0.263. The van der Waals surface area contributed by atoms with Crippen molar-refractivity contribution in [3.63, 3.8) is 0 Å². The molecule has 0 aliphatic heterocycles. The van der Waals surface area contributed by atoms with Crippen molar-refractivity contribution in [2.75, 3.05) is 17.7 Å². The van der Waals surface area contributed by atoms with Crippen LogP contribution in [0.1, 0.15) is 10.4 Å². The summed E-state index contributed by atoms with van der Waals surface area (Å²) in [7, 11) is 0. The number of hydrogen-bond donors (Lipinski definition) is 2. The largest absolute Gasteiger partial charge is 0.452 e. The normalized spacial score (nSPS) is 10.2. The van der Waals surface area contributed by atoms with E-state index in [1.165, 1.54) is 24.3 Å². The summed E-state index contributed by atoms with van der Waals surface area (Å²) < 4.78 is 5.32. The van der Waals surface area contributed by atoms with Crippen molar-refractivity contribution in [1.82, 2.24) is 0 Å². The number of carbonyl (C=O) groups is 3. The van der Waals surface area contributed by atoms with E-state index < -0.39 is 29.3 Å². The summed E-state index contributed by atoms with van der Waals surface area (Å²) in [4.78, 5) is 45.8. The van der Waals surface area contributed by atoms with E-state index in [1.807, 2.05) is 0 Å². The van der Waals surface area contributed by atoms with Crippen LogP contribution in [0.25, 0.3) is 0 Å². The van der Waals surface area contributed by atoms with E-state index in [0.29, 0.717) is 15.1 Å². The van der Waals surface area contributed by atoms with Crippen molar-refractivity contribution in [3.05, 3.63) is 62.6 Å². The van der Waals surface area contributed by atoms with Crippen LogP contribution in [0, 0.1) is 10.1 Å². The summed E-state index contributed by atoms with van der Waals surface area (Å²) in [6.45, 7) is -0.558. The fourth-order valence-electron chi connectivity index (χ4n) is 2.02. The van der Waals surface area contributed by atoms with Gasteiger partial charge in [0, 0.05) is 21.5 Å². The number of ether oxygens (including phenoxy) is 1. The molecule has 0 aliphatic rings. The van der Waals surface area contributed by atoms with Gasteiger partial charge in [-0.2, -0.15) is 0 Å². The lowest BCUT2D eigenvalue weighted by molar-refractivity contribution is -0.384. The molecule has 2 aromatic carbocycles. The van der Waals surface area contributed by atoms with Gasteiger partial charge in [-0.3, -0.25) is 19.7 Å². The van der Waals surface area contributed by atoms with Crippen molar-refractivity contribution in [3.8, 4) is 0 Å². The number of primary amides is 1. The van der Waals surface area contributed by atoms with Gasteiger partial charge in [0.25, 0.3) is 11.6 Å². The molecule has 2 aromatic rings. The van der Waals surface area contributed by atoms with Crippen LogP contribution < -0.4 is 11.1 Å². The predicted molar refractivity (Wildman–Crippen MR) is 106 cm³/mol. The van der Waals surface area contributed by atoms with E-state index in [4.69, 9.17) is 10.5 Å². The molecule has 0 spiro atoms. The van der Waals surface area contributed by atoms with Crippen molar-refractivity contribution in [2.45, 2.75) is 4.90 Å². The third kappa shape index (κ3) is 6.06. The van der Waals surface area contributed by atoms with E-state index in [2.05, 4.69) is 21.2 Å². The zero-order valence-electron chi connectivity index (χ0n) is 14.2. The number of hydrogen-bond acceptors (Lipinski definition) is 7. The number of nitro benzene ring substituents is 1.